The first-order valence-corrected chi connectivity index (χ1v) is 9.23. The molecule has 0 saturated carbocycles. The van der Waals surface area contributed by atoms with Crippen molar-refractivity contribution in [1.29, 1.82) is 0 Å². The van der Waals surface area contributed by atoms with Gasteiger partial charge in [0.05, 0.1) is 39.8 Å². The number of hydrogen-bond donors (Lipinski definition) is 0. The molecule has 2 aromatic carbocycles. The van der Waals surface area contributed by atoms with Crippen LogP contribution in [0, 0.1) is 0 Å². The third-order valence-electron chi connectivity index (χ3n) is 4.51. The average Bonchev–Trinajstić information content (AvgIpc) is 2.81. The van der Waals surface area contributed by atoms with Gasteiger partial charge in [0.25, 0.3) is 0 Å². The lowest BCUT2D eigenvalue weighted by Gasteiger charge is -2.13. The van der Waals surface area contributed by atoms with Crippen LogP contribution >= 0.6 is 0 Å². The molecule has 0 atom stereocenters. The molecule has 0 amide bonds. The van der Waals surface area contributed by atoms with E-state index in [2.05, 4.69) is 4.98 Å². The van der Waals surface area contributed by atoms with Gasteiger partial charge in [-0.1, -0.05) is 6.07 Å². The molecule has 0 aliphatic rings. The van der Waals surface area contributed by atoms with Gasteiger partial charge < -0.3 is 18.9 Å². The summed E-state index contributed by atoms with van der Waals surface area (Å²) in [5.41, 5.74) is 2.86. The highest BCUT2D eigenvalue weighted by atomic mass is 16.5. The molecule has 0 fully saturated rings. The van der Waals surface area contributed by atoms with Gasteiger partial charge in [-0.05, 0) is 60.7 Å². The molecule has 0 unspecified atom stereocenters. The van der Waals surface area contributed by atoms with E-state index in [4.69, 9.17) is 18.9 Å². The van der Waals surface area contributed by atoms with Gasteiger partial charge in [-0.25, -0.2) is 4.98 Å². The Kier molecular flexibility index (Phi) is 6.70. The molecule has 3 rings (SSSR count). The number of ketones is 1. The summed E-state index contributed by atoms with van der Waals surface area (Å²) in [7, 11) is 6.17. The molecule has 1 heterocycles. The maximum atomic E-state index is 12.7. The number of carbonyl (C=O) groups excluding carboxylic acids is 1. The van der Waals surface area contributed by atoms with Crippen LogP contribution in [-0.4, -0.2) is 39.2 Å². The Morgan fingerprint density at radius 3 is 2.07 bits per heavy atom. The summed E-state index contributed by atoms with van der Waals surface area (Å²) in [6.45, 7) is 0. The molecule has 3 aromatic rings. The predicted molar refractivity (Wildman–Crippen MR) is 116 cm³/mol. The minimum absolute atomic E-state index is 0.203. The van der Waals surface area contributed by atoms with Crippen molar-refractivity contribution in [2.24, 2.45) is 0 Å². The highest BCUT2D eigenvalue weighted by molar-refractivity contribution is 6.07. The lowest BCUT2D eigenvalue weighted by molar-refractivity contribution is 0.104. The monoisotopic (exact) mass is 405 g/mol. The highest BCUT2D eigenvalue weighted by Gasteiger charge is 2.15. The number of nitrogens with zero attached hydrogens (tertiary/aromatic N) is 1. The summed E-state index contributed by atoms with van der Waals surface area (Å²) in [6, 6.07) is 16.5. The van der Waals surface area contributed by atoms with E-state index in [9.17, 15) is 4.79 Å². The number of methoxy groups -OCH3 is 4. The second-order valence-electron chi connectivity index (χ2n) is 6.29. The first-order chi connectivity index (χ1) is 14.6. The maximum Gasteiger partial charge on any atom is 0.203 e. The van der Waals surface area contributed by atoms with Gasteiger partial charge in [0.2, 0.25) is 5.75 Å². The average molecular weight is 405 g/mol. The Balaban J connectivity index is 1.84. The fourth-order valence-corrected chi connectivity index (χ4v) is 2.95. The SMILES string of the molecule is COc1ccc(-c2cccc(C=CC(=O)c3cc(OC)c(OC)c(OC)c3)n2)cc1. The van der Waals surface area contributed by atoms with E-state index in [1.54, 1.807) is 25.3 Å². The minimum Gasteiger partial charge on any atom is -0.497 e. The van der Waals surface area contributed by atoms with Crippen molar-refractivity contribution in [2.75, 3.05) is 28.4 Å². The molecule has 0 bridgehead atoms. The molecule has 30 heavy (non-hydrogen) atoms. The van der Waals surface area contributed by atoms with Crippen molar-refractivity contribution in [3.05, 3.63) is 71.9 Å². The Labute approximate surface area is 175 Å². The van der Waals surface area contributed by atoms with Gasteiger partial charge in [0.1, 0.15) is 5.75 Å². The van der Waals surface area contributed by atoms with E-state index in [0.717, 1.165) is 17.0 Å². The van der Waals surface area contributed by atoms with Gasteiger partial charge in [-0.3, -0.25) is 4.79 Å². The van der Waals surface area contributed by atoms with Crippen LogP contribution in [0.3, 0.4) is 0 Å². The lowest BCUT2D eigenvalue weighted by atomic mass is 10.1. The summed E-state index contributed by atoms with van der Waals surface area (Å²) >= 11 is 0. The van der Waals surface area contributed by atoms with E-state index in [1.807, 2.05) is 42.5 Å². The summed E-state index contributed by atoms with van der Waals surface area (Å²) in [4.78, 5) is 17.3. The van der Waals surface area contributed by atoms with Gasteiger partial charge >= 0.3 is 0 Å². The number of rotatable bonds is 8. The molecule has 0 N–H and O–H groups in total. The smallest absolute Gasteiger partial charge is 0.203 e. The van der Waals surface area contributed by atoms with Crippen molar-refractivity contribution in [3.8, 4) is 34.3 Å². The van der Waals surface area contributed by atoms with E-state index in [1.165, 1.54) is 27.4 Å². The van der Waals surface area contributed by atoms with E-state index < -0.39 is 0 Å². The topological polar surface area (TPSA) is 66.9 Å². The van der Waals surface area contributed by atoms with Crippen LogP contribution in [0.2, 0.25) is 0 Å². The maximum absolute atomic E-state index is 12.7. The number of pyridine rings is 1. The molecule has 0 saturated heterocycles. The Hall–Kier alpha value is -3.80. The van der Waals surface area contributed by atoms with Crippen LogP contribution in [0.25, 0.3) is 17.3 Å². The largest absolute Gasteiger partial charge is 0.497 e. The summed E-state index contributed by atoms with van der Waals surface area (Å²) in [5, 5.41) is 0. The molecular weight excluding hydrogens is 382 g/mol. The van der Waals surface area contributed by atoms with E-state index >= 15 is 0 Å². The first kappa shape index (κ1) is 20.9. The van der Waals surface area contributed by atoms with Crippen molar-refractivity contribution >= 4 is 11.9 Å². The van der Waals surface area contributed by atoms with Crippen LogP contribution in [0.4, 0.5) is 0 Å². The van der Waals surface area contributed by atoms with Crippen molar-refractivity contribution in [3.63, 3.8) is 0 Å². The zero-order valence-corrected chi connectivity index (χ0v) is 17.3. The van der Waals surface area contributed by atoms with Crippen LogP contribution in [-0.2, 0) is 0 Å². The molecular formula is C24H23NO5. The lowest BCUT2D eigenvalue weighted by Crippen LogP contribution is -2.00. The molecule has 0 spiro atoms. The van der Waals surface area contributed by atoms with Crippen LogP contribution < -0.4 is 18.9 Å². The second-order valence-corrected chi connectivity index (χ2v) is 6.29. The van der Waals surface area contributed by atoms with E-state index in [-0.39, 0.29) is 5.78 Å². The molecule has 6 heteroatoms. The van der Waals surface area contributed by atoms with Gasteiger partial charge in [0.15, 0.2) is 17.3 Å². The summed E-state index contributed by atoms with van der Waals surface area (Å²) in [6.07, 6.45) is 3.15. The molecule has 154 valence electrons. The van der Waals surface area contributed by atoms with Crippen LogP contribution in [0.1, 0.15) is 16.1 Å². The Morgan fingerprint density at radius 1 is 0.833 bits per heavy atom. The number of hydrogen-bond acceptors (Lipinski definition) is 6. The van der Waals surface area contributed by atoms with Crippen LogP contribution in [0.5, 0.6) is 23.0 Å². The zero-order valence-electron chi connectivity index (χ0n) is 17.3. The van der Waals surface area contributed by atoms with E-state index in [0.29, 0.717) is 28.5 Å². The fraction of sp³-hybridized carbons (Fsp3) is 0.167. The van der Waals surface area contributed by atoms with Gasteiger partial charge in [0, 0.05) is 11.1 Å². The number of carbonyl (C=O) groups is 1. The number of allylic oxidation sites excluding steroid dienone is 1. The summed E-state index contributed by atoms with van der Waals surface area (Å²) < 4.78 is 21.1. The standard InChI is InChI=1S/C24H23NO5/c1-27-19-11-8-16(9-12-19)20-7-5-6-18(25-20)10-13-21(26)17-14-22(28-2)24(30-4)23(15-17)29-3/h5-15H,1-4H3. The van der Waals surface area contributed by atoms with Crippen molar-refractivity contribution in [1.82, 2.24) is 4.98 Å². The van der Waals surface area contributed by atoms with Crippen LogP contribution in [0.15, 0.2) is 60.7 Å². The minimum atomic E-state index is -0.203. The predicted octanol–water partition coefficient (Wildman–Crippen LogP) is 4.68. The highest BCUT2D eigenvalue weighted by Crippen LogP contribution is 2.38. The second kappa shape index (κ2) is 9.60. The van der Waals surface area contributed by atoms with Gasteiger partial charge in [-0.2, -0.15) is 0 Å². The number of ether oxygens (including phenoxy) is 4. The zero-order chi connectivity index (χ0) is 21.5. The third kappa shape index (κ3) is 4.60. The van der Waals surface area contributed by atoms with Crippen molar-refractivity contribution in [2.45, 2.75) is 0 Å². The fourth-order valence-electron chi connectivity index (χ4n) is 2.95. The molecule has 0 aliphatic carbocycles. The third-order valence-corrected chi connectivity index (χ3v) is 4.51. The first-order valence-electron chi connectivity index (χ1n) is 9.23. The Bertz CT molecular complexity index is 1030. The van der Waals surface area contributed by atoms with Crippen molar-refractivity contribution < 1.29 is 23.7 Å². The number of aromatic nitrogens is 1. The normalized spacial score (nSPS) is 10.7. The quantitative estimate of drug-likeness (QED) is 0.400. The molecule has 6 nitrogen and oxygen atoms in total. The molecule has 1 aromatic heterocycles. The molecule has 0 aliphatic heterocycles. The number of benzene rings is 2. The molecule has 0 radical (unpaired) electrons. The Morgan fingerprint density at radius 2 is 1.50 bits per heavy atom. The summed E-state index contributed by atoms with van der Waals surface area (Å²) in [5.74, 6) is 1.87. The van der Waals surface area contributed by atoms with Gasteiger partial charge in [-0.15, -0.1) is 0 Å².